The molecule has 0 aromatic rings. The Bertz CT molecular complexity index is 268. The molecular formula is C14H23NO. The molecule has 1 unspecified atom stereocenters. The fourth-order valence-corrected chi connectivity index (χ4v) is 1.84. The van der Waals surface area contributed by atoms with Gasteiger partial charge in [-0.05, 0) is 32.1 Å². The van der Waals surface area contributed by atoms with Gasteiger partial charge in [0.05, 0.1) is 0 Å². The lowest BCUT2D eigenvalue weighted by atomic mass is 9.96. The average molecular weight is 221 g/mol. The SMILES string of the molecule is CC[C@H](C)C(=O)NC(C)CC1C=CCC=C1. The van der Waals surface area contributed by atoms with Crippen molar-refractivity contribution in [2.24, 2.45) is 11.8 Å². The number of hydrogen-bond acceptors (Lipinski definition) is 1. The topological polar surface area (TPSA) is 29.1 Å². The molecule has 0 saturated carbocycles. The van der Waals surface area contributed by atoms with Crippen molar-refractivity contribution in [3.63, 3.8) is 0 Å². The van der Waals surface area contributed by atoms with Gasteiger partial charge < -0.3 is 5.32 Å². The summed E-state index contributed by atoms with van der Waals surface area (Å²) in [6, 6.07) is 0.249. The largest absolute Gasteiger partial charge is 0.353 e. The lowest BCUT2D eigenvalue weighted by Gasteiger charge is -2.20. The van der Waals surface area contributed by atoms with E-state index in [4.69, 9.17) is 0 Å². The lowest BCUT2D eigenvalue weighted by Crippen LogP contribution is -2.37. The minimum absolute atomic E-state index is 0.125. The van der Waals surface area contributed by atoms with E-state index in [2.05, 4.69) is 36.5 Å². The van der Waals surface area contributed by atoms with Crippen LogP contribution in [0.3, 0.4) is 0 Å². The van der Waals surface area contributed by atoms with Crippen molar-refractivity contribution in [2.75, 3.05) is 0 Å². The van der Waals surface area contributed by atoms with Crippen molar-refractivity contribution in [1.82, 2.24) is 5.32 Å². The number of carbonyl (C=O) groups is 1. The highest BCUT2D eigenvalue weighted by molar-refractivity contribution is 5.78. The van der Waals surface area contributed by atoms with Gasteiger partial charge in [-0.3, -0.25) is 4.79 Å². The van der Waals surface area contributed by atoms with E-state index in [0.717, 1.165) is 19.3 Å². The normalized spacial score (nSPS) is 19.4. The molecule has 1 amide bonds. The Balaban J connectivity index is 2.32. The highest BCUT2D eigenvalue weighted by Gasteiger charge is 2.15. The van der Waals surface area contributed by atoms with Crippen LogP contribution >= 0.6 is 0 Å². The first kappa shape index (κ1) is 13.0. The van der Waals surface area contributed by atoms with Crippen LogP contribution in [0.25, 0.3) is 0 Å². The molecule has 2 nitrogen and oxygen atoms in total. The molecular weight excluding hydrogens is 198 g/mol. The first-order valence-electron chi connectivity index (χ1n) is 6.27. The summed E-state index contributed by atoms with van der Waals surface area (Å²) in [6.07, 6.45) is 11.8. The van der Waals surface area contributed by atoms with Crippen LogP contribution in [0.5, 0.6) is 0 Å². The van der Waals surface area contributed by atoms with Crippen LogP contribution < -0.4 is 5.32 Å². The summed E-state index contributed by atoms with van der Waals surface area (Å²) >= 11 is 0. The summed E-state index contributed by atoms with van der Waals surface area (Å²) < 4.78 is 0. The van der Waals surface area contributed by atoms with Crippen molar-refractivity contribution in [2.45, 2.75) is 46.1 Å². The first-order chi connectivity index (χ1) is 7.63. The summed E-state index contributed by atoms with van der Waals surface area (Å²) in [5, 5.41) is 3.07. The smallest absolute Gasteiger partial charge is 0.223 e. The number of nitrogens with one attached hydrogen (secondary N) is 1. The second-order valence-corrected chi connectivity index (χ2v) is 4.71. The second-order valence-electron chi connectivity index (χ2n) is 4.71. The van der Waals surface area contributed by atoms with Crippen LogP contribution in [0.15, 0.2) is 24.3 Å². The third-order valence-corrected chi connectivity index (χ3v) is 3.11. The maximum Gasteiger partial charge on any atom is 0.223 e. The molecule has 0 radical (unpaired) electrons. The van der Waals surface area contributed by atoms with Crippen LogP contribution in [0.4, 0.5) is 0 Å². The Kier molecular flexibility index (Phi) is 5.30. The molecule has 0 fully saturated rings. The monoisotopic (exact) mass is 221 g/mol. The quantitative estimate of drug-likeness (QED) is 0.710. The van der Waals surface area contributed by atoms with Gasteiger partial charge in [0.25, 0.3) is 0 Å². The second kappa shape index (κ2) is 6.51. The molecule has 2 heteroatoms. The minimum atomic E-state index is 0.125. The summed E-state index contributed by atoms with van der Waals surface area (Å²) in [7, 11) is 0. The summed E-state index contributed by atoms with van der Waals surface area (Å²) in [6.45, 7) is 6.10. The zero-order valence-electron chi connectivity index (χ0n) is 10.6. The van der Waals surface area contributed by atoms with E-state index in [1.807, 2.05) is 13.8 Å². The van der Waals surface area contributed by atoms with E-state index in [1.165, 1.54) is 0 Å². The van der Waals surface area contributed by atoms with E-state index in [-0.39, 0.29) is 17.9 Å². The number of rotatable bonds is 5. The van der Waals surface area contributed by atoms with Gasteiger partial charge in [-0.1, -0.05) is 38.2 Å². The molecule has 1 aliphatic carbocycles. The van der Waals surface area contributed by atoms with Crippen molar-refractivity contribution >= 4 is 5.91 Å². The first-order valence-corrected chi connectivity index (χ1v) is 6.27. The van der Waals surface area contributed by atoms with Crippen molar-refractivity contribution < 1.29 is 4.79 Å². The van der Waals surface area contributed by atoms with Gasteiger partial charge in [0.2, 0.25) is 5.91 Å². The standard InChI is InChI=1S/C14H23NO/c1-4-11(2)14(16)15-12(3)10-13-8-6-5-7-9-13/h6-9,11-13H,4-5,10H2,1-3H3,(H,15,16)/t11-,12?/m0/s1. The molecule has 2 atom stereocenters. The van der Waals surface area contributed by atoms with Crippen LogP contribution in [0.1, 0.15) is 40.0 Å². The molecule has 0 heterocycles. The predicted octanol–water partition coefficient (Wildman–Crippen LogP) is 3.06. The van der Waals surface area contributed by atoms with Gasteiger partial charge in [-0.15, -0.1) is 0 Å². The molecule has 0 aromatic heterocycles. The number of amides is 1. The number of allylic oxidation sites excluding steroid dienone is 4. The Morgan fingerprint density at radius 3 is 2.56 bits per heavy atom. The summed E-state index contributed by atoms with van der Waals surface area (Å²) in [5.41, 5.74) is 0. The number of hydrogen-bond donors (Lipinski definition) is 1. The van der Waals surface area contributed by atoms with E-state index >= 15 is 0 Å². The molecule has 0 aliphatic heterocycles. The summed E-state index contributed by atoms with van der Waals surface area (Å²) in [4.78, 5) is 11.7. The van der Waals surface area contributed by atoms with Gasteiger partial charge in [-0.25, -0.2) is 0 Å². The Morgan fingerprint density at radius 1 is 1.38 bits per heavy atom. The highest BCUT2D eigenvalue weighted by Crippen LogP contribution is 2.15. The molecule has 1 aliphatic rings. The number of carbonyl (C=O) groups excluding carboxylic acids is 1. The molecule has 0 saturated heterocycles. The predicted molar refractivity (Wildman–Crippen MR) is 68.1 cm³/mol. The van der Waals surface area contributed by atoms with Crippen molar-refractivity contribution in [3.05, 3.63) is 24.3 Å². The molecule has 1 rings (SSSR count). The fraction of sp³-hybridized carbons (Fsp3) is 0.643. The van der Waals surface area contributed by atoms with Crippen LogP contribution in [0, 0.1) is 11.8 Å². The van der Waals surface area contributed by atoms with Crippen LogP contribution in [-0.2, 0) is 4.79 Å². The summed E-state index contributed by atoms with van der Waals surface area (Å²) in [5.74, 6) is 0.791. The maximum absolute atomic E-state index is 11.7. The average Bonchev–Trinajstić information content (AvgIpc) is 2.29. The molecule has 0 bridgehead atoms. The van der Waals surface area contributed by atoms with E-state index < -0.39 is 0 Å². The van der Waals surface area contributed by atoms with E-state index in [1.54, 1.807) is 0 Å². The van der Waals surface area contributed by atoms with Gasteiger partial charge in [0, 0.05) is 12.0 Å². The molecule has 1 N–H and O–H groups in total. The minimum Gasteiger partial charge on any atom is -0.353 e. The van der Waals surface area contributed by atoms with Gasteiger partial charge in [0.1, 0.15) is 0 Å². The lowest BCUT2D eigenvalue weighted by molar-refractivity contribution is -0.125. The van der Waals surface area contributed by atoms with Gasteiger partial charge >= 0.3 is 0 Å². The van der Waals surface area contributed by atoms with Crippen molar-refractivity contribution in [1.29, 1.82) is 0 Å². The molecule has 0 spiro atoms. The van der Waals surface area contributed by atoms with E-state index in [9.17, 15) is 4.79 Å². The molecule has 16 heavy (non-hydrogen) atoms. The van der Waals surface area contributed by atoms with Crippen LogP contribution in [-0.4, -0.2) is 11.9 Å². The zero-order chi connectivity index (χ0) is 12.0. The molecule has 0 aromatic carbocycles. The Morgan fingerprint density at radius 2 is 2.00 bits per heavy atom. The van der Waals surface area contributed by atoms with Gasteiger partial charge in [-0.2, -0.15) is 0 Å². The highest BCUT2D eigenvalue weighted by atomic mass is 16.1. The zero-order valence-corrected chi connectivity index (χ0v) is 10.6. The molecule has 90 valence electrons. The Hall–Kier alpha value is -1.05. The van der Waals surface area contributed by atoms with E-state index in [0.29, 0.717) is 5.92 Å². The van der Waals surface area contributed by atoms with Crippen molar-refractivity contribution in [3.8, 4) is 0 Å². The fourth-order valence-electron chi connectivity index (χ4n) is 1.84. The van der Waals surface area contributed by atoms with Gasteiger partial charge in [0.15, 0.2) is 0 Å². The van der Waals surface area contributed by atoms with Crippen LogP contribution in [0.2, 0.25) is 0 Å². The third kappa shape index (κ3) is 4.21. The Labute approximate surface area is 98.8 Å². The third-order valence-electron chi connectivity index (χ3n) is 3.11. The maximum atomic E-state index is 11.7.